The highest BCUT2D eigenvalue weighted by molar-refractivity contribution is 6.32. The van der Waals surface area contributed by atoms with Gasteiger partial charge in [-0.1, -0.05) is 17.7 Å². The zero-order chi connectivity index (χ0) is 14.0. The van der Waals surface area contributed by atoms with Gasteiger partial charge in [0.05, 0.1) is 12.1 Å². The minimum absolute atomic E-state index is 0.353. The standard InChI is InChI=1S/C13H17ClN2O3/c1-19-11-3-2-9(6-10(11)14)7-16-5-4-13(15,8-16)12(17)18/h2-3,6H,4-5,7-8,15H2,1H3,(H,17,18). The topological polar surface area (TPSA) is 75.8 Å². The summed E-state index contributed by atoms with van der Waals surface area (Å²) >= 11 is 6.06. The zero-order valence-corrected chi connectivity index (χ0v) is 11.5. The molecule has 1 atom stereocenters. The molecule has 0 amide bonds. The second kappa shape index (κ2) is 5.36. The molecule has 1 unspecified atom stereocenters. The van der Waals surface area contributed by atoms with Crippen LogP contribution in [0.4, 0.5) is 0 Å². The smallest absolute Gasteiger partial charge is 0.325 e. The van der Waals surface area contributed by atoms with Gasteiger partial charge in [-0.05, 0) is 24.1 Å². The van der Waals surface area contributed by atoms with Crippen LogP contribution in [-0.4, -0.2) is 41.7 Å². The summed E-state index contributed by atoms with van der Waals surface area (Å²) in [6, 6.07) is 5.56. The number of halogens is 1. The number of carbonyl (C=O) groups is 1. The average molecular weight is 285 g/mol. The first kappa shape index (κ1) is 14.1. The number of hydrogen-bond donors (Lipinski definition) is 2. The molecule has 0 saturated carbocycles. The van der Waals surface area contributed by atoms with Crippen LogP contribution in [0.15, 0.2) is 18.2 Å². The number of carboxylic acid groups (broad SMARTS) is 1. The number of ether oxygens (including phenoxy) is 1. The summed E-state index contributed by atoms with van der Waals surface area (Å²) in [5.41, 5.74) is 5.72. The number of likely N-dealkylation sites (tertiary alicyclic amines) is 1. The number of nitrogens with zero attached hydrogens (tertiary/aromatic N) is 1. The summed E-state index contributed by atoms with van der Waals surface area (Å²) in [4.78, 5) is 13.1. The molecule has 1 aliphatic heterocycles. The molecule has 0 aliphatic carbocycles. The van der Waals surface area contributed by atoms with Crippen LogP contribution < -0.4 is 10.5 Å². The molecule has 1 fully saturated rings. The van der Waals surface area contributed by atoms with E-state index in [4.69, 9.17) is 27.2 Å². The van der Waals surface area contributed by atoms with Crippen molar-refractivity contribution in [2.45, 2.75) is 18.5 Å². The minimum atomic E-state index is -1.13. The molecule has 1 heterocycles. The fourth-order valence-electron chi connectivity index (χ4n) is 2.29. The van der Waals surface area contributed by atoms with E-state index in [9.17, 15) is 4.79 Å². The molecule has 0 radical (unpaired) electrons. The van der Waals surface area contributed by atoms with E-state index in [0.717, 1.165) is 5.56 Å². The van der Waals surface area contributed by atoms with Gasteiger partial charge in [-0.15, -0.1) is 0 Å². The normalized spacial score (nSPS) is 23.5. The molecular weight excluding hydrogens is 268 g/mol. The summed E-state index contributed by atoms with van der Waals surface area (Å²) in [5.74, 6) is -0.312. The molecule has 1 aromatic carbocycles. The monoisotopic (exact) mass is 284 g/mol. The lowest BCUT2D eigenvalue weighted by Gasteiger charge is -2.20. The van der Waals surface area contributed by atoms with E-state index in [1.54, 1.807) is 13.2 Å². The Balaban J connectivity index is 2.03. The number of methoxy groups -OCH3 is 1. The minimum Gasteiger partial charge on any atom is -0.495 e. The van der Waals surface area contributed by atoms with E-state index >= 15 is 0 Å². The molecule has 0 aromatic heterocycles. The summed E-state index contributed by atoms with van der Waals surface area (Å²) < 4.78 is 5.09. The predicted octanol–water partition coefficient (Wildman–Crippen LogP) is 1.34. The molecule has 2 rings (SSSR count). The Labute approximate surface area is 116 Å². The maximum absolute atomic E-state index is 11.1. The van der Waals surface area contributed by atoms with Crippen LogP contribution in [-0.2, 0) is 11.3 Å². The highest BCUT2D eigenvalue weighted by Gasteiger charge is 2.41. The number of benzene rings is 1. The molecule has 0 bridgehead atoms. The summed E-state index contributed by atoms with van der Waals surface area (Å²) in [6.07, 6.45) is 0.465. The van der Waals surface area contributed by atoms with Crippen molar-refractivity contribution < 1.29 is 14.6 Å². The maximum Gasteiger partial charge on any atom is 0.325 e. The van der Waals surface area contributed by atoms with Crippen LogP contribution in [0.1, 0.15) is 12.0 Å². The van der Waals surface area contributed by atoms with Crippen molar-refractivity contribution in [2.24, 2.45) is 5.73 Å². The van der Waals surface area contributed by atoms with Gasteiger partial charge in [0, 0.05) is 19.6 Å². The largest absolute Gasteiger partial charge is 0.495 e. The van der Waals surface area contributed by atoms with Crippen LogP contribution in [0, 0.1) is 0 Å². The fraction of sp³-hybridized carbons (Fsp3) is 0.462. The van der Waals surface area contributed by atoms with Crippen molar-refractivity contribution in [2.75, 3.05) is 20.2 Å². The number of aliphatic carboxylic acids is 1. The Morgan fingerprint density at radius 3 is 2.89 bits per heavy atom. The fourth-order valence-corrected chi connectivity index (χ4v) is 2.57. The SMILES string of the molecule is COc1ccc(CN2CCC(N)(C(=O)O)C2)cc1Cl. The Hall–Kier alpha value is -1.30. The maximum atomic E-state index is 11.1. The molecule has 1 aliphatic rings. The van der Waals surface area contributed by atoms with Crippen LogP contribution in [0.3, 0.4) is 0 Å². The van der Waals surface area contributed by atoms with Crippen molar-refractivity contribution in [3.8, 4) is 5.75 Å². The Morgan fingerprint density at radius 1 is 1.63 bits per heavy atom. The van der Waals surface area contributed by atoms with Crippen molar-refractivity contribution in [1.82, 2.24) is 4.90 Å². The van der Waals surface area contributed by atoms with Crippen molar-refractivity contribution >= 4 is 17.6 Å². The molecule has 19 heavy (non-hydrogen) atoms. The van der Waals surface area contributed by atoms with Gasteiger partial charge in [0.2, 0.25) is 0 Å². The van der Waals surface area contributed by atoms with Gasteiger partial charge in [0.1, 0.15) is 11.3 Å². The zero-order valence-electron chi connectivity index (χ0n) is 10.7. The van der Waals surface area contributed by atoms with E-state index in [1.165, 1.54) is 0 Å². The van der Waals surface area contributed by atoms with Gasteiger partial charge in [0.25, 0.3) is 0 Å². The molecule has 0 spiro atoms. The van der Waals surface area contributed by atoms with E-state index in [2.05, 4.69) is 0 Å². The summed E-state index contributed by atoms with van der Waals surface area (Å²) in [5, 5.41) is 9.63. The third kappa shape index (κ3) is 3.00. The Bertz CT molecular complexity index is 495. The number of rotatable bonds is 4. The number of carboxylic acids is 1. The van der Waals surface area contributed by atoms with E-state index in [0.29, 0.717) is 36.8 Å². The van der Waals surface area contributed by atoms with Gasteiger partial charge in [-0.2, -0.15) is 0 Å². The third-order valence-corrected chi connectivity index (χ3v) is 3.72. The molecular formula is C13H17ClN2O3. The van der Waals surface area contributed by atoms with E-state index < -0.39 is 11.5 Å². The van der Waals surface area contributed by atoms with Crippen LogP contribution >= 0.6 is 11.6 Å². The first-order chi connectivity index (χ1) is 8.94. The Kier molecular flexibility index (Phi) is 3.99. The number of nitrogens with two attached hydrogens (primary N) is 1. The molecule has 3 N–H and O–H groups in total. The van der Waals surface area contributed by atoms with Gasteiger partial charge in [-0.3, -0.25) is 9.69 Å². The van der Waals surface area contributed by atoms with Gasteiger partial charge in [-0.25, -0.2) is 0 Å². The van der Waals surface area contributed by atoms with E-state index in [-0.39, 0.29) is 0 Å². The molecule has 1 aromatic rings. The van der Waals surface area contributed by atoms with Gasteiger partial charge >= 0.3 is 5.97 Å². The highest BCUT2D eigenvalue weighted by atomic mass is 35.5. The van der Waals surface area contributed by atoms with Crippen LogP contribution in [0.25, 0.3) is 0 Å². The summed E-state index contributed by atoms with van der Waals surface area (Å²) in [7, 11) is 1.57. The predicted molar refractivity (Wildman–Crippen MR) is 72.5 cm³/mol. The first-order valence-corrected chi connectivity index (χ1v) is 6.39. The van der Waals surface area contributed by atoms with Crippen molar-refractivity contribution in [3.63, 3.8) is 0 Å². The van der Waals surface area contributed by atoms with Crippen LogP contribution in [0.2, 0.25) is 5.02 Å². The molecule has 104 valence electrons. The average Bonchev–Trinajstić information content (AvgIpc) is 2.73. The lowest BCUT2D eigenvalue weighted by molar-refractivity contribution is -0.142. The van der Waals surface area contributed by atoms with Gasteiger partial charge < -0.3 is 15.6 Å². The first-order valence-electron chi connectivity index (χ1n) is 6.02. The van der Waals surface area contributed by atoms with Crippen molar-refractivity contribution in [1.29, 1.82) is 0 Å². The van der Waals surface area contributed by atoms with Gasteiger partial charge in [0.15, 0.2) is 0 Å². The lowest BCUT2D eigenvalue weighted by Crippen LogP contribution is -2.50. The second-order valence-corrected chi connectivity index (χ2v) is 5.30. The third-order valence-electron chi connectivity index (χ3n) is 3.43. The molecule has 6 heteroatoms. The molecule has 5 nitrogen and oxygen atoms in total. The molecule has 1 saturated heterocycles. The Morgan fingerprint density at radius 2 is 2.37 bits per heavy atom. The van der Waals surface area contributed by atoms with E-state index in [1.807, 2.05) is 17.0 Å². The van der Waals surface area contributed by atoms with Crippen molar-refractivity contribution in [3.05, 3.63) is 28.8 Å². The quantitative estimate of drug-likeness (QED) is 0.872. The van der Waals surface area contributed by atoms with Crippen LogP contribution in [0.5, 0.6) is 5.75 Å². The number of hydrogen-bond acceptors (Lipinski definition) is 4. The lowest BCUT2D eigenvalue weighted by atomic mass is 10.0. The highest BCUT2D eigenvalue weighted by Crippen LogP contribution is 2.27. The summed E-state index contributed by atoms with van der Waals surface area (Å²) in [6.45, 7) is 1.66. The second-order valence-electron chi connectivity index (χ2n) is 4.89.